The number of halogens is 1. The van der Waals surface area contributed by atoms with Gasteiger partial charge in [0.05, 0.1) is 16.1 Å². The smallest absolute Gasteiger partial charge is 0.111 e. The second kappa shape index (κ2) is 4.80. The van der Waals surface area contributed by atoms with Crippen molar-refractivity contribution >= 4 is 22.6 Å². The summed E-state index contributed by atoms with van der Waals surface area (Å²) in [5.74, 6) is 1.09. The highest BCUT2D eigenvalue weighted by Gasteiger charge is 2.34. The highest BCUT2D eigenvalue weighted by Crippen LogP contribution is 2.34. The Hall–Kier alpha value is -1.06. The third-order valence-corrected chi connectivity index (χ3v) is 4.41. The van der Waals surface area contributed by atoms with Crippen LogP contribution in [0.5, 0.6) is 0 Å². The van der Waals surface area contributed by atoms with Crippen LogP contribution in [0.15, 0.2) is 18.2 Å². The van der Waals surface area contributed by atoms with Gasteiger partial charge in [0.2, 0.25) is 0 Å². The molecule has 19 heavy (non-hydrogen) atoms. The summed E-state index contributed by atoms with van der Waals surface area (Å²) in [6, 6.07) is 5.92. The van der Waals surface area contributed by atoms with E-state index in [9.17, 15) is 0 Å². The Kier molecular flexibility index (Phi) is 3.27. The van der Waals surface area contributed by atoms with Crippen LogP contribution in [0.3, 0.4) is 0 Å². The minimum Gasteiger partial charge on any atom is -0.327 e. The molecule has 3 rings (SSSR count). The van der Waals surface area contributed by atoms with E-state index in [1.165, 1.54) is 6.42 Å². The van der Waals surface area contributed by atoms with Gasteiger partial charge >= 0.3 is 0 Å². The molecule has 2 N–H and O–H groups in total. The van der Waals surface area contributed by atoms with Gasteiger partial charge in [0.25, 0.3) is 0 Å². The highest BCUT2D eigenvalue weighted by molar-refractivity contribution is 6.35. The van der Waals surface area contributed by atoms with E-state index >= 15 is 0 Å². The molecule has 1 fully saturated rings. The van der Waals surface area contributed by atoms with Crippen LogP contribution >= 0.6 is 11.6 Å². The number of imidazole rings is 1. The number of para-hydroxylation sites is 1. The molecule has 2 aromatic rings. The van der Waals surface area contributed by atoms with E-state index in [1.807, 2.05) is 18.2 Å². The second-order valence-electron chi connectivity index (χ2n) is 5.68. The van der Waals surface area contributed by atoms with Crippen LogP contribution in [0, 0.1) is 0 Å². The van der Waals surface area contributed by atoms with Gasteiger partial charge in [-0.2, -0.15) is 0 Å². The molecule has 1 aliphatic rings. The quantitative estimate of drug-likeness (QED) is 0.929. The molecule has 1 saturated carbocycles. The maximum Gasteiger partial charge on any atom is 0.111 e. The molecule has 0 atom stereocenters. The highest BCUT2D eigenvalue weighted by atomic mass is 35.5. The van der Waals surface area contributed by atoms with Crippen molar-refractivity contribution in [1.29, 1.82) is 0 Å². The van der Waals surface area contributed by atoms with Gasteiger partial charge in [-0.25, -0.2) is 4.98 Å². The van der Waals surface area contributed by atoms with Crippen molar-refractivity contribution in [2.75, 3.05) is 0 Å². The van der Waals surface area contributed by atoms with Gasteiger partial charge in [-0.05, 0) is 37.8 Å². The summed E-state index contributed by atoms with van der Waals surface area (Å²) in [6.07, 6.45) is 5.39. The van der Waals surface area contributed by atoms with Gasteiger partial charge < -0.3 is 10.3 Å². The van der Waals surface area contributed by atoms with Gasteiger partial charge in [0.15, 0.2) is 0 Å². The van der Waals surface area contributed by atoms with Gasteiger partial charge in [-0.15, -0.1) is 0 Å². The molecule has 1 aliphatic carbocycles. The van der Waals surface area contributed by atoms with Crippen LogP contribution in [0.1, 0.15) is 38.4 Å². The fourth-order valence-corrected chi connectivity index (χ4v) is 3.18. The molecular weight excluding hydrogens is 258 g/mol. The molecule has 1 aromatic carbocycles. The monoisotopic (exact) mass is 277 g/mol. The fraction of sp³-hybridized carbons (Fsp3) is 0.533. The van der Waals surface area contributed by atoms with Crippen LogP contribution in [0.4, 0.5) is 0 Å². The Morgan fingerprint density at radius 1 is 1.42 bits per heavy atom. The molecule has 3 nitrogen and oxygen atoms in total. The number of aromatic nitrogens is 2. The van der Waals surface area contributed by atoms with Crippen LogP contribution in [-0.4, -0.2) is 15.1 Å². The van der Waals surface area contributed by atoms with E-state index in [2.05, 4.69) is 11.5 Å². The Labute approximate surface area is 118 Å². The normalized spacial score (nSPS) is 17.6. The molecule has 1 heterocycles. The number of nitrogens with zero attached hydrogens (tertiary/aromatic N) is 2. The lowest BCUT2D eigenvalue weighted by Crippen LogP contribution is -2.48. The minimum absolute atomic E-state index is 0.0423. The number of hydrogen-bond acceptors (Lipinski definition) is 2. The van der Waals surface area contributed by atoms with Gasteiger partial charge in [0, 0.05) is 18.5 Å². The van der Waals surface area contributed by atoms with Crippen molar-refractivity contribution in [3.63, 3.8) is 0 Å². The van der Waals surface area contributed by atoms with Gasteiger partial charge in [-0.1, -0.05) is 24.6 Å². The lowest BCUT2D eigenvalue weighted by atomic mass is 9.75. The van der Waals surface area contributed by atoms with Gasteiger partial charge in [0.1, 0.15) is 5.82 Å². The summed E-state index contributed by atoms with van der Waals surface area (Å²) in [5.41, 5.74) is 8.38. The number of fused-ring (bicyclic) bond motifs is 1. The molecular formula is C15H20ClN3. The van der Waals surface area contributed by atoms with E-state index in [0.717, 1.165) is 54.1 Å². The van der Waals surface area contributed by atoms with Gasteiger partial charge in [-0.3, -0.25) is 0 Å². The van der Waals surface area contributed by atoms with E-state index in [1.54, 1.807) is 0 Å². The predicted octanol–water partition coefficient (Wildman–Crippen LogP) is 3.52. The maximum absolute atomic E-state index is 6.37. The summed E-state index contributed by atoms with van der Waals surface area (Å²) < 4.78 is 2.25. The molecule has 0 aliphatic heterocycles. The van der Waals surface area contributed by atoms with Crippen LogP contribution in [0.25, 0.3) is 11.0 Å². The number of hydrogen-bond donors (Lipinski definition) is 1. The van der Waals surface area contributed by atoms with Crippen LogP contribution in [-0.2, 0) is 13.0 Å². The lowest BCUT2D eigenvalue weighted by Gasteiger charge is -2.37. The molecule has 102 valence electrons. The molecule has 0 unspecified atom stereocenters. The molecule has 0 amide bonds. The molecule has 0 saturated heterocycles. The van der Waals surface area contributed by atoms with E-state index < -0.39 is 0 Å². The Balaban J connectivity index is 2.07. The zero-order valence-electron chi connectivity index (χ0n) is 11.3. The number of rotatable bonds is 4. The summed E-state index contributed by atoms with van der Waals surface area (Å²) in [6.45, 7) is 3.12. The summed E-state index contributed by atoms with van der Waals surface area (Å²) in [7, 11) is 0. The first-order valence-corrected chi connectivity index (χ1v) is 7.43. The van der Waals surface area contributed by atoms with E-state index in [-0.39, 0.29) is 5.54 Å². The standard InChI is InChI=1S/C15H20ClN3/c1-2-9-19-13(10-15(17)7-4-8-15)18-12-6-3-5-11(16)14(12)19/h3,5-6H,2,4,7-10,17H2,1H3. The predicted molar refractivity (Wildman–Crippen MR) is 79.5 cm³/mol. The topological polar surface area (TPSA) is 43.8 Å². The molecule has 0 radical (unpaired) electrons. The fourth-order valence-electron chi connectivity index (χ4n) is 2.91. The number of benzene rings is 1. The van der Waals surface area contributed by atoms with Crippen molar-refractivity contribution in [2.24, 2.45) is 5.73 Å². The van der Waals surface area contributed by atoms with Crippen LogP contribution < -0.4 is 5.73 Å². The zero-order valence-corrected chi connectivity index (χ0v) is 12.1. The van der Waals surface area contributed by atoms with Crippen molar-refractivity contribution in [3.05, 3.63) is 29.0 Å². The van der Waals surface area contributed by atoms with E-state index in [0.29, 0.717) is 0 Å². The second-order valence-corrected chi connectivity index (χ2v) is 6.09. The van der Waals surface area contributed by atoms with Crippen LogP contribution in [0.2, 0.25) is 5.02 Å². The third kappa shape index (κ3) is 2.26. The summed E-state index contributed by atoms with van der Waals surface area (Å²) in [4.78, 5) is 4.76. The summed E-state index contributed by atoms with van der Waals surface area (Å²) >= 11 is 6.34. The average molecular weight is 278 g/mol. The number of nitrogens with two attached hydrogens (primary N) is 1. The lowest BCUT2D eigenvalue weighted by molar-refractivity contribution is 0.241. The summed E-state index contributed by atoms with van der Waals surface area (Å²) in [5, 5.41) is 0.782. The van der Waals surface area contributed by atoms with Crippen molar-refractivity contribution in [1.82, 2.24) is 9.55 Å². The first-order chi connectivity index (χ1) is 9.13. The molecule has 1 aromatic heterocycles. The Morgan fingerprint density at radius 2 is 2.21 bits per heavy atom. The maximum atomic E-state index is 6.37. The van der Waals surface area contributed by atoms with Crippen molar-refractivity contribution < 1.29 is 0 Å². The molecule has 4 heteroatoms. The number of aryl methyl sites for hydroxylation is 1. The Morgan fingerprint density at radius 3 is 2.84 bits per heavy atom. The SMILES string of the molecule is CCCn1c(CC2(N)CCC2)nc2cccc(Cl)c21. The molecule has 0 spiro atoms. The zero-order chi connectivity index (χ0) is 13.5. The third-order valence-electron chi connectivity index (χ3n) is 4.10. The minimum atomic E-state index is -0.0423. The average Bonchev–Trinajstić information content (AvgIpc) is 2.67. The van der Waals surface area contributed by atoms with Crippen molar-refractivity contribution in [3.8, 4) is 0 Å². The van der Waals surface area contributed by atoms with Crippen molar-refractivity contribution in [2.45, 2.75) is 51.1 Å². The van der Waals surface area contributed by atoms with E-state index in [4.69, 9.17) is 22.3 Å². The molecule has 0 bridgehead atoms. The Bertz CT molecular complexity index is 599. The largest absolute Gasteiger partial charge is 0.327 e. The first-order valence-electron chi connectivity index (χ1n) is 7.05. The first kappa shape index (κ1) is 12.9.